The number of ketones is 1. The number of piperidine rings is 1. The predicted octanol–water partition coefficient (Wildman–Crippen LogP) is 3.28. The fourth-order valence-electron chi connectivity index (χ4n) is 4.22. The molecule has 2 fully saturated rings. The zero-order chi connectivity index (χ0) is 21.8. The molecule has 1 aliphatic heterocycles. The van der Waals surface area contributed by atoms with Crippen molar-refractivity contribution in [3.63, 3.8) is 0 Å². The van der Waals surface area contributed by atoms with E-state index in [0.29, 0.717) is 28.3 Å². The van der Waals surface area contributed by atoms with Gasteiger partial charge in [-0.05, 0) is 88.1 Å². The maximum absolute atomic E-state index is 11.6. The summed E-state index contributed by atoms with van der Waals surface area (Å²) in [6.07, 6.45) is 8.12. The van der Waals surface area contributed by atoms with Crippen molar-refractivity contribution < 1.29 is 4.79 Å². The molecule has 2 aliphatic rings. The lowest BCUT2D eigenvalue weighted by Crippen LogP contribution is -2.37. The highest BCUT2D eigenvalue weighted by atomic mass is 16.1. The smallest absolute Gasteiger partial charge is 0.163 e. The van der Waals surface area contributed by atoms with Crippen LogP contribution in [0.5, 0.6) is 0 Å². The molecule has 1 spiro atoms. The molecule has 5 N–H and O–H groups in total. The van der Waals surface area contributed by atoms with E-state index in [1.54, 1.807) is 13.0 Å². The Bertz CT molecular complexity index is 714. The van der Waals surface area contributed by atoms with Gasteiger partial charge in [-0.1, -0.05) is 20.8 Å². The van der Waals surface area contributed by atoms with E-state index in [-0.39, 0.29) is 17.1 Å². The van der Waals surface area contributed by atoms with Gasteiger partial charge < -0.3 is 21.8 Å². The van der Waals surface area contributed by atoms with Crippen molar-refractivity contribution in [2.75, 3.05) is 26.2 Å². The van der Waals surface area contributed by atoms with Crippen LogP contribution in [0.2, 0.25) is 0 Å². The Hall–Kier alpha value is -1.95. The summed E-state index contributed by atoms with van der Waals surface area (Å²) in [6.45, 7) is 14.3. The van der Waals surface area contributed by atoms with Crippen molar-refractivity contribution in [1.82, 2.24) is 4.90 Å². The van der Waals surface area contributed by atoms with Gasteiger partial charge in [-0.25, -0.2) is 0 Å². The summed E-state index contributed by atoms with van der Waals surface area (Å²) in [7, 11) is 0. The van der Waals surface area contributed by atoms with Crippen molar-refractivity contribution in [3.8, 4) is 0 Å². The first-order valence-electron chi connectivity index (χ1n) is 10.7. The fraction of sp³-hybridized carbons (Fsp3) is 0.696. The number of hydrogen-bond donors (Lipinski definition) is 3. The maximum atomic E-state index is 11.6. The molecule has 0 bridgehead atoms. The number of nitrogens with zero attached hydrogens (tertiary/aromatic N) is 2. The Kier molecular flexibility index (Phi) is 7.44. The highest BCUT2D eigenvalue weighted by molar-refractivity contribution is 6.25. The van der Waals surface area contributed by atoms with Crippen LogP contribution in [-0.4, -0.2) is 48.4 Å². The molecule has 0 radical (unpaired) electrons. The van der Waals surface area contributed by atoms with E-state index in [0.717, 1.165) is 6.54 Å². The fourth-order valence-corrected chi connectivity index (χ4v) is 4.22. The number of aliphatic imine (C=N–C) groups is 1. The lowest BCUT2D eigenvalue weighted by Gasteiger charge is -2.34. The van der Waals surface area contributed by atoms with E-state index in [2.05, 4.69) is 30.7 Å². The van der Waals surface area contributed by atoms with Crippen LogP contribution < -0.4 is 11.5 Å². The number of carbonyl (C=O) groups excluding carboxylic acids is 1. The predicted molar refractivity (Wildman–Crippen MR) is 121 cm³/mol. The summed E-state index contributed by atoms with van der Waals surface area (Å²) in [5, 5.41) is 8.02. The third-order valence-corrected chi connectivity index (χ3v) is 6.32. The highest BCUT2D eigenvalue weighted by Gasteiger charge is 2.54. The average molecular weight is 402 g/mol. The summed E-state index contributed by atoms with van der Waals surface area (Å²) in [4.78, 5) is 18.7. The maximum Gasteiger partial charge on any atom is 0.163 e. The van der Waals surface area contributed by atoms with Crippen LogP contribution in [0.4, 0.5) is 0 Å². The Morgan fingerprint density at radius 3 is 2.34 bits per heavy atom. The highest BCUT2D eigenvalue weighted by Crippen LogP contribution is 2.59. The third-order valence-electron chi connectivity index (χ3n) is 6.32. The van der Waals surface area contributed by atoms with Crippen LogP contribution in [0.1, 0.15) is 60.3 Å². The minimum absolute atomic E-state index is 0.0705. The first kappa shape index (κ1) is 23.3. The van der Waals surface area contributed by atoms with Gasteiger partial charge in [0.15, 0.2) is 5.78 Å². The average Bonchev–Trinajstić information content (AvgIpc) is 3.28. The number of rotatable bonds is 8. The van der Waals surface area contributed by atoms with Crippen LogP contribution in [0.15, 0.2) is 28.4 Å². The number of hydrogen-bond acceptors (Lipinski definition) is 5. The van der Waals surface area contributed by atoms with E-state index in [1.807, 2.05) is 0 Å². The third kappa shape index (κ3) is 6.81. The van der Waals surface area contributed by atoms with Gasteiger partial charge in [0.05, 0.1) is 11.3 Å². The van der Waals surface area contributed by atoms with E-state index in [4.69, 9.17) is 16.9 Å². The molecule has 2 rings (SSSR count). The summed E-state index contributed by atoms with van der Waals surface area (Å²) < 4.78 is 0. The van der Waals surface area contributed by atoms with Gasteiger partial charge in [0, 0.05) is 12.2 Å². The van der Waals surface area contributed by atoms with Crippen molar-refractivity contribution >= 4 is 17.3 Å². The number of likely N-dealkylation sites (tertiary alicyclic amines) is 1. The number of nitrogens with one attached hydrogen (secondary N) is 1. The van der Waals surface area contributed by atoms with Crippen LogP contribution in [-0.2, 0) is 4.79 Å². The molecule has 6 nitrogen and oxygen atoms in total. The zero-order valence-electron chi connectivity index (χ0n) is 18.8. The summed E-state index contributed by atoms with van der Waals surface area (Å²) >= 11 is 0. The molecule has 1 saturated heterocycles. The summed E-state index contributed by atoms with van der Waals surface area (Å²) in [5.74, 6) is 0.804. The number of carbonyl (C=O) groups is 1. The molecule has 0 aromatic rings. The molecule has 0 aromatic carbocycles. The molecule has 29 heavy (non-hydrogen) atoms. The molecule has 0 amide bonds. The van der Waals surface area contributed by atoms with Gasteiger partial charge in [-0.15, -0.1) is 0 Å². The minimum atomic E-state index is -0.219. The first-order valence-corrected chi connectivity index (χ1v) is 10.7. The number of Topliss-reactive ketones (excluding diaryl/α,β-unsaturated/α-hetero) is 1. The van der Waals surface area contributed by atoms with Crippen LogP contribution in [0.3, 0.4) is 0 Å². The van der Waals surface area contributed by atoms with E-state index >= 15 is 0 Å². The van der Waals surface area contributed by atoms with Crippen molar-refractivity contribution in [2.45, 2.75) is 60.3 Å². The Labute approximate surface area is 176 Å². The standard InChI is InChI=1S/C23H39N5O/c1-16(24)21(17(2)29)19(25)6-7-20(26)27-15-18-14-23(18)9-12-28(13-10-23)11-8-22(3,4)5/h6-7,18,25H,8-15,24H2,1-5H3,(H2,26,27)/b7-6-,21-16?,25-19?. The van der Waals surface area contributed by atoms with Crippen molar-refractivity contribution in [1.29, 1.82) is 5.41 Å². The van der Waals surface area contributed by atoms with E-state index < -0.39 is 0 Å². The Balaban J connectivity index is 1.80. The van der Waals surface area contributed by atoms with Gasteiger partial charge in [0.2, 0.25) is 0 Å². The zero-order valence-corrected chi connectivity index (χ0v) is 18.8. The van der Waals surface area contributed by atoms with Crippen molar-refractivity contribution in [2.24, 2.45) is 33.2 Å². The lowest BCUT2D eigenvalue weighted by molar-refractivity contribution is -0.113. The molecule has 1 saturated carbocycles. The van der Waals surface area contributed by atoms with Crippen LogP contribution in [0.25, 0.3) is 0 Å². The molecule has 1 atom stereocenters. The largest absolute Gasteiger partial charge is 0.402 e. The number of amidine groups is 1. The molecule has 0 aromatic heterocycles. The van der Waals surface area contributed by atoms with Crippen molar-refractivity contribution in [3.05, 3.63) is 23.4 Å². The van der Waals surface area contributed by atoms with E-state index in [1.165, 1.54) is 58.3 Å². The second-order valence-corrected chi connectivity index (χ2v) is 10.0. The Morgan fingerprint density at radius 2 is 1.83 bits per heavy atom. The van der Waals surface area contributed by atoms with Crippen LogP contribution in [0, 0.1) is 22.2 Å². The summed E-state index contributed by atoms with van der Waals surface area (Å²) in [6, 6.07) is 0. The number of allylic oxidation sites excluding steroid dienone is 3. The molecule has 162 valence electrons. The van der Waals surface area contributed by atoms with E-state index in [9.17, 15) is 4.79 Å². The van der Waals surface area contributed by atoms with Gasteiger partial charge in [-0.2, -0.15) is 0 Å². The number of nitrogens with two attached hydrogens (primary N) is 2. The normalized spacial score (nSPS) is 23.3. The monoisotopic (exact) mass is 401 g/mol. The van der Waals surface area contributed by atoms with Gasteiger partial charge in [0.25, 0.3) is 0 Å². The van der Waals surface area contributed by atoms with Gasteiger partial charge in [0.1, 0.15) is 5.84 Å². The molecule has 1 unspecified atom stereocenters. The lowest BCUT2D eigenvalue weighted by atomic mass is 9.88. The molecular formula is C23H39N5O. The molecular weight excluding hydrogens is 362 g/mol. The summed E-state index contributed by atoms with van der Waals surface area (Å²) in [5.41, 5.74) is 13.2. The molecule has 6 heteroatoms. The SMILES string of the molecule is CC(=O)C(C(=N)/C=C\C(N)=NCC1CC12CCN(CCC(C)(C)C)CC2)=C(C)N. The topological polar surface area (TPSA) is 109 Å². The quantitative estimate of drug-likeness (QED) is 0.329. The Morgan fingerprint density at radius 1 is 1.21 bits per heavy atom. The van der Waals surface area contributed by atoms with Gasteiger partial charge >= 0.3 is 0 Å². The van der Waals surface area contributed by atoms with Gasteiger partial charge in [-0.3, -0.25) is 9.79 Å². The first-order chi connectivity index (χ1) is 13.4. The second-order valence-electron chi connectivity index (χ2n) is 10.0. The molecule has 1 aliphatic carbocycles. The minimum Gasteiger partial charge on any atom is -0.402 e. The molecule has 1 heterocycles. The van der Waals surface area contributed by atoms with Crippen LogP contribution >= 0.6 is 0 Å². The second kappa shape index (κ2) is 9.24.